The third-order valence-corrected chi connectivity index (χ3v) is 2.51. The van der Waals surface area contributed by atoms with Gasteiger partial charge in [-0.05, 0) is 18.1 Å². The molecule has 0 atom stereocenters. The zero-order chi connectivity index (χ0) is 15.4. The van der Waals surface area contributed by atoms with Crippen LogP contribution in [0.2, 0.25) is 0 Å². The summed E-state index contributed by atoms with van der Waals surface area (Å²) in [7, 11) is 0. The van der Waals surface area contributed by atoms with Crippen molar-refractivity contribution in [2.75, 3.05) is 18.0 Å². The lowest BCUT2D eigenvalue weighted by atomic mass is 10.1. The average molecular weight is 286 g/mol. The summed E-state index contributed by atoms with van der Waals surface area (Å²) in [5.74, 6) is -4.20. The molecule has 5 nitrogen and oxygen atoms in total. The first-order valence-corrected chi connectivity index (χ1v) is 5.98. The van der Waals surface area contributed by atoms with Crippen LogP contribution >= 0.6 is 0 Å². The van der Waals surface area contributed by atoms with E-state index in [0.717, 1.165) is 12.1 Å². The molecule has 0 bridgehead atoms. The first-order chi connectivity index (χ1) is 9.22. The van der Waals surface area contributed by atoms with Crippen LogP contribution < -0.4 is 10.6 Å². The first kappa shape index (κ1) is 15.9. The molecule has 1 aromatic carbocycles. The molecule has 0 saturated heterocycles. The maximum absolute atomic E-state index is 13.9. The topological polar surface area (TPSA) is 83.6 Å². The lowest BCUT2D eigenvalue weighted by Gasteiger charge is -2.26. The van der Waals surface area contributed by atoms with E-state index in [1.165, 1.54) is 4.90 Å². The maximum atomic E-state index is 13.9. The fraction of sp³-hybridized carbons (Fsp3) is 0.385. The number of primary amides is 1. The van der Waals surface area contributed by atoms with Gasteiger partial charge in [-0.2, -0.15) is 0 Å². The normalized spacial score (nSPS) is 10.7. The molecule has 0 fully saturated rings. The van der Waals surface area contributed by atoms with Crippen molar-refractivity contribution in [3.05, 3.63) is 29.3 Å². The number of carboxylic acids is 1. The van der Waals surface area contributed by atoms with Crippen LogP contribution in [-0.4, -0.2) is 30.1 Å². The van der Waals surface area contributed by atoms with E-state index in [2.05, 4.69) is 0 Å². The van der Waals surface area contributed by atoms with E-state index in [4.69, 9.17) is 10.8 Å². The summed E-state index contributed by atoms with van der Waals surface area (Å²) < 4.78 is 27.9. The number of aromatic carboxylic acids is 1. The molecular formula is C13H16F2N2O3. The number of anilines is 1. The van der Waals surface area contributed by atoms with Gasteiger partial charge in [0.2, 0.25) is 5.91 Å². The molecule has 0 saturated carbocycles. The SMILES string of the molecule is CC(C)CN(CC(N)=O)c1c(F)cc(C(=O)O)cc1F. The van der Waals surface area contributed by atoms with Crippen LogP contribution in [0.3, 0.4) is 0 Å². The molecule has 1 rings (SSSR count). The van der Waals surface area contributed by atoms with Crippen molar-refractivity contribution in [1.29, 1.82) is 0 Å². The highest BCUT2D eigenvalue weighted by atomic mass is 19.1. The second kappa shape index (κ2) is 6.31. The van der Waals surface area contributed by atoms with Gasteiger partial charge in [0, 0.05) is 6.54 Å². The molecule has 0 aromatic heterocycles. The van der Waals surface area contributed by atoms with E-state index >= 15 is 0 Å². The van der Waals surface area contributed by atoms with Crippen LogP contribution in [0.15, 0.2) is 12.1 Å². The Kier molecular flexibility index (Phi) is 5.01. The summed E-state index contributed by atoms with van der Waals surface area (Å²) in [5.41, 5.74) is 4.13. The van der Waals surface area contributed by atoms with Gasteiger partial charge >= 0.3 is 5.97 Å². The van der Waals surface area contributed by atoms with Crippen molar-refractivity contribution in [3.8, 4) is 0 Å². The lowest BCUT2D eigenvalue weighted by Crippen LogP contribution is -2.37. The quantitative estimate of drug-likeness (QED) is 0.832. The zero-order valence-corrected chi connectivity index (χ0v) is 11.2. The average Bonchev–Trinajstić information content (AvgIpc) is 2.25. The molecule has 1 amide bonds. The number of nitrogens with zero attached hydrogens (tertiary/aromatic N) is 1. The number of halogens is 2. The van der Waals surface area contributed by atoms with Crippen molar-refractivity contribution in [1.82, 2.24) is 0 Å². The van der Waals surface area contributed by atoms with Gasteiger partial charge in [-0.1, -0.05) is 13.8 Å². The number of carboxylic acid groups (broad SMARTS) is 1. The predicted octanol–water partition coefficient (Wildman–Crippen LogP) is 1.61. The van der Waals surface area contributed by atoms with Crippen molar-refractivity contribution in [3.63, 3.8) is 0 Å². The fourth-order valence-electron chi connectivity index (χ4n) is 1.85. The summed E-state index contributed by atoms with van der Waals surface area (Å²) >= 11 is 0. The van der Waals surface area contributed by atoms with E-state index < -0.39 is 34.8 Å². The highest BCUT2D eigenvalue weighted by Crippen LogP contribution is 2.25. The molecule has 0 spiro atoms. The Labute approximate surface area is 115 Å². The second-order valence-electron chi connectivity index (χ2n) is 4.83. The molecule has 0 heterocycles. The largest absolute Gasteiger partial charge is 0.478 e. The highest BCUT2D eigenvalue weighted by molar-refractivity contribution is 5.88. The third kappa shape index (κ3) is 3.91. The summed E-state index contributed by atoms with van der Waals surface area (Å²) in [6.45, 7) is 3.49. The van der Waals surface area contributed by atoms with Crippen LogP contribution in [-0.2, 0) is 4.79 Å². The minimum absolute atomic E-state index is 0.0345. The number of carbonyl (C=O) groups is 2. The smallest absolute Gasteiger partial charge is 0.335 e. The van der Waals surface area contributed by atoms with Gasteiger partial charge < -0.3 is 15.7 Å². The van der Waals surface area contributed by atoms with Crippen molar-refractivity contribution in [2.24, 2.45) is 11.7 Å². The van der Waals surface area contributed by atoms with E-state index in [9.17, 15) is 18.4 Å². The first-order valence-electron chi connectivity index (χ1n) is 5.98. The zero-order valence-electron chi connectivity index (χ0n) is 11.2. The van der Waals surface area contributed by atoms with Gasteiger partial charge in [0.1, 0.15) is 17.3 Å². The van der Waals surface area contributed by atoms with Gasteiger partial charge in [-0.25, -0.2) is 13.6 Å². The van der Waals surface area contributed by atoms with E-state index in [1.54, 1.807) is 0 Å². The Balaban J connectivity index is 3.25. The fourth-order valence-corrected chi connectivity index (χ4v) is 1.85. The van der Waals surface area contributed by atoms with Crippen LogP contribution in [0.5, 0.6) is 0 Å². The molecule has 20 heavy (non-hydrogen) atoms. The molecule has 7 heteroatoms. The van der Waals surface area contributed by atoms with E-state index in [0.29, 0.717) is 0 Å². The van der Waals surface area contributed by atoms with Crippen LogP contribution in [0.4, 0.5) is 14.5 Å². The number of hydrogen-bond donors (Lipinski definition) is 2. The number of rotatable bonds is 6. The number of nitrogens with two attached hydrogens (primary N) is 1. The predicted molar refractivity (Wildman–Crippen MR) is 69.6 cm³/mol. The molecule has 0 radical (unpaired) electrons. The van der Waals surface area contributed by atoms with Crippen LogP contribution in [0.25, 0.3) is 0 Å². The third-order valence-electron chi connectivity index (χ3n) is 2.51. The van der Waals surface area contributed by atoms with Crippen molar-refractivity contribution in [2.45, 2.75) is 13.8 Å². The highest BCUT2D eigenvalue weighted by Gasteiger charge is 2.21. The summed E-state index contributed by atoms with van der Waals surface area (Å²) in [5, 5.41) is 8.73. The molecule has 3 N–H and O–H groups in total. The summed E-state index contributed by atoms with van der Waals surface area (Å²) in [6, 6.07) is 1.43. The van der Waals surface area contributed by atoms with Gasteiger partial charge in [0.15, 0.2) is 0 Å². The number of amides is 1. The monoisotopic (exact) mass is 286 g/mol. The molecule has 0 aliphatic heterocycles. The summed E-state index contributed by atoms with van der Waals surface area (Å²) in [6.07, 6.45) is 0. The van der Waals surface area contributed by atoms with Crippen molar-refractivity contribution < 1.29 is 23.5 Å². The molecule has 0 aliphatic carbocycles. The molecular weight excluding hydrogens is 270 g/mol. The van der Waals surface area contributed by atoms with Gasteiger partial charge in [-0.3, -0.25) is 4.79 Å². The minimum Gasteiger partial charge on any atom is -0.478 e. The summed E-state index contributed by atoms with van der Waals surface area (Å²) in [4.78, 5) is 22.9. The molecule has 1 aromatic rings. The number of benzene rings is 1. The van der Waals surface area contributed by atoms with E-state index in [-0.39, 0.29) is 19.0 Å². The van der Waals surface area contributed by atoms with Gasteiger partial charge in [0.05, 0.1) is 12.1 Å². The standard InChI is InChI=1S/C13H16F2N2O3/c1-7(2)5-17(6-11(16)18)12-9(14)3-8(13(19)20)4-10(12)15/h3-4,7H,5-6H2,1-2H3,(H2,16,18)(H,19,20). The van der Waals surface area contributed by atoms with Crippen LogP contribution in [0.1, 0.15) is 24.2 Å². The molecule has 0 unspecified atom stereocenters. The Morgan fingerprint density at radius 1 is 1.30 bits per heavy atom. The minimum atomic E-state index is -1.43. The van der Waals surface area contributed by atoms with Crippen LogP contribution in [0, 0.1) is 17.6 Å². The Morgan fingerprint density at radius 3 is 2.15 bits per heavy atom. The Bertz CT molecular complexity index is 509. The van der Waals surface area contributed by atoms with Gasteiger partial charge in [-0.15, -0.1) is 0 Å². The molecule has 110 valence electrons. The van der Waals surface area contributed by atoms with Gasteiger partial charge in [0.25, 0.3) is 0 Å². The second-order valence-corrected chi connectivity index (χ2v) is 4.83. The lowest BCUT2D eigenvalue weighted by molar-refractivity contribution is -0.116. The Morgan fingerprint density at radius 2 is 1.80 bits per heavy atom. The number of carbonyl (C=O) groups excluding carboxylic acids is 1. The maximum Gasteiger partial charge on any atom is 0.335 e. The number of hydrogen-bond acceptors (Lipinski definition) is 3. The Hall–Kier alpha value is -2.18. The molecule has 0 aliphatic rings. The van der Waals surface area contributed by atoms with E-state index in [1.807, 2.05) is 13.8 Å². The van der Waals surface area contributed by atoms with Crippen molar-refractivity contribution >= 4 is 17.6 Å².